The highest BCUT2D eigenvalue weighted by Gasteiger charge is 2.59. The number of hydrogen-bond donors (Lipinski definition) is 1. The predicted octanol–water partition coefficient (Wildman–Crippen LogP) is 2.97. The number of carbonyl (C=O) groups excluding carboxylic acids is 2. The van der Waals surface area contributed by atoms with Crippen LogP contribution in [-0.2, 0) is 20.9 Å². The van der Waals surface area contributed by atoms with Gasteiger partial charge in [0.15, 0.2) is 0 Å². The lowest BCUT2D eigenvalue weighted by Crippen LogP contribution is -2.60. The summed E-state index contributed by atoms with van der Waals surface area (Å²) in [6.45, 7) is 7.94. The number of ether oxygens (including phenoxy) is 2. The monoisotopic (exact) mass is 376 g/mol. The quantitative estimate of drug-likeness (QED) is 0.430. The standard InChI is InChI=1S/C19H28N2O4Si/c1-26(2,3)10-9-24-14-21-17(22)19(20-18(21)23)11-16(12-19)25-13-15-7-5-4-6-8-15/h4-8,16H,9-14H2,1-3H3,(H,20,23). The van der Waals surface area contributed by atoms with Gasteiger partial charge in [-0.05, 0) is 11.6 Å². The van der Waals surface area contributed by atoms with Gasteiger partial charge in [-0.1, -0.05) is 50.0 Å². The Hall–Kier alpha value is -1.70. The molecule has 2 fully saturated rings. The van der Waals surface area contributed by atoms with Gasteiger partial charge in [0, 0.05) is 27.5 Å². The first-order valence-corrected chi connectivity index (χ1v) is 12.9. The molecule has 0 unspecified atom stereocenters. The van der Waals surface area contributed by atoms with Gasteiger partial charge in [0.1, 0.15) is 12.3 Å². The molecule has 1 aromatic rings. The number of benzene rings is 1. The smallest absolute Gasteiger partial charge is 0.326 e. The molecule has 1 spiro atoms. The largest absolute Gasteiger partial charge is 0.373 e. The number of rotatable bonds is 8. The molecule has 6 nitrogen and oxygen atoms in total. The minimum absolute atomic E-state index is 0.00721. The van der Waals surface area contributed by atoms with Crippen LogP contribution in [0.15, 0.2) is 30.3 Å². The molecular formula is C19H28N2O4Si. The van der Waals surface area contributed by atoms with Crippen LogP contribution in [0.3, 0.4) is 0 Å². The van der Waals surface area contributed by atoms with Crippen LogP contribution in [-0.4, -0.2) is 49.9 Å². The Morgan fingerprint density at radius 2 is 1.88 bits per heavy atom. The first-order chi connectivity index (χ1) is 12.3. The average Bonchev–Trinajstić information content (AvgIpc) is 2.80. The van der Waals surface area contributed by atoms with Gasteiger partial charge in [0.25, 0.3) is 5.91 Å². The molecule has 1 saturated carbocycles. The lowest BCUT2D eigenvalue weighted by atomic mass is 9.74. The molecule has 142 valence electrons. The Balaban J connectivity index is 1.44. The molecule has 2 aliphatic rings. The zero-order chi connectivity index (χ0) is 18.8. The molecular weight excluding hydrogens is 348 g/mol. The molecule has 0 atom stereocenters. The van der Waals surface area contributed by atoms with Gasteiger partial charge < -0.3 is 14.8 Å². The van der Waals surface area contributed by atoms with Crippen LogP contribution in [0, 0.1) is 0 Å². The maximum atomic E-state index is 12.6. The van der Waals surface area contributed by atoms with Crippen molar-refractivity contribution < 1.29 is 19.1 Å². The maximum absolute atomic E-state index is 12.6. The lowest BCUT2D eigenvalue weighted by Gasteiger charge is -2.42. The van der Waals surface area contributed by atoms with Crippen molar-refractivity contribution in [2.45, 2.75) is 56.8 Å². The second-order valence-corrected chi connectivity index (χ2v) is 14.0. The molecule has 3 rings (SSSR count). The van der Waals surface area contributed by atoms with Crippen molar-refractivity contribution in [1.82, 2.24) is 10.2 Å². The van der Waals surface area contributed by atoms with E-state index in [0.717, 1.165) is 11.6 Å². The highest BCUT2D eigenvalue weighted by atomic mass is 28.3. The van der Waals surface area contributed by atoms with Crippen LogP contribution in [0.2, 0.25) is 25.7 Å². The highest BCUT2D eigenvalue weighted by Crippen LogP contribution is 2.39. The number of nitrogens with one attached hydrogen (secondary N) is 1. The van der Waals surface area contributed by atoms with Gasteiger partial charge in [-0.2, -0.15) is 0 Å². The SMILES string of the molecule is C[Si](C)(C)CCOCN1C(=O)NC2(CC(OCc3ccccc3)C2)C1=O. The minimum Gasteiger partial charge on any atom is -0.373 e. The van der Waals surface area contributed by atoms with E-state index in [-0.39, 0.29) is 24.8 Å². The van der Waals surface area contributed by atoms with Crippen molar-refractivity contribution in [3.05, 3.63) is 35.9 Å². The van der Waals surface area contributed by atoms with Gasteiger partial charge >= 0.3 is 6.03 Å². The van der Waals surface area contributed by atoms with Crippen LogP contribution in [0.4, 0.5) is 4.79 Å². The van der Waals surface area contributed by atoms with E-state index in [4.69, 9.17) is 9.47 Å². The summed E-state index contributed by atoms with van der Waals surface area (Å²) in [7, 11) is -1.18. The van der Waals surface area contributed by atoms with E-state index in [1.165, 1.54) is 4.90 Å². The average molecular weight is 377 g/mol. The van der Waals surface area contributed by atoms with Gasteiger partial charge in [-0.3, -0.25) is 4.79 Å². The fourth-order valence-electron chi connectivity index (χ4n) is 3.23. The van der Waals surface area contributed by atoms with E-state index in [0.29, 0.717) is 26.1 Å². The van der Waals surface area contributed by atoms with Crippen molar-refractivity contribution in [1.29, 1.82) is 0 Å². The minimum atomic E-state index is -1.18. The molecule has 0 radical (unpaired) electrons. The van der Waals surface area contributed by atoms with E-state index in [1.807, 2.05) is 30.3 Å². The fraction of sp³-hybridized carbons (Fsp3) is 0.579. The number of imide groups is 1. The molecule has 1 heterocycles. The number of nitrogens with zero attached hydrogens (tertiary/aromatic N) is 1. The third-order valence-electron chi connectivity index (χ3n) is 4.94. The summed E-state index contributed by atoms with van der Waals surface area (Å²) >= 11 is 0. The van der Waals surface area contributed by atoms with E-state index < -0.39 is 13.6 Å². The third kappa shape index (κ3) is 4.34. The number of carbonyl (C=O) groups is 2. The molecule has 26 heavy (non-hydrogen) atoms. The van der Waals surface area contributed by atoms with Gasteiger partial charge in [0.05, 0.1) is 12.7 Å². The van der Waals surface area contributed by atoms with Crippen LogP contribution >= 0.6 is 0 Å². The van der Waals surface area contributed by atoms with Crippen LogP contribution in [0.5, 0.6) is 0 Å². The fourth-order valence-corrected chi connectivity index (χ4v) is 3.98. The van der Waals surface area contributed by atoms with Crippen molar-refractivity contribution >= 4 is 20.0 Å². The van der Waals surface area contributed by atoms with E-state index in [1.54, 1.807) is 0 Å². The molecule has 1 saturated heterocycles. The number of urea groups is 1. The molecule has 1 aromatic carbocycles. The Morgan fingerprint density at radius 1 is 1.19 bits per heavy atom. The Morgan fingerprint density at radius 3 is 2.54 bits per heavy atom. The highest BCUT2D eigenvalue weighted by molar-refractivity contribution is 6.76. The number of amides is 3. The van der Waals surface area contributed by atoms with Gasteiger partial charge in [-0.25, -0.2) is 9.69 Å². The van der Waals surface area contributed by atoms with Crippen molar-refractivity contribution in [3.63, 3.8) is 0 Å². The molecule has 0 aromatic heterocycles. The Kier molecular flexibility index (Phi) is 5.50. The molecule has 3 amide bonds. The van der Waals surface area contributed by atoms with E-state index in [2.05, 4.69) is 25.0 Å². The summed E-state index contributed by atoms with van der Waals surface area (Å²) in [5.74, 6) is -0.185. The van der Waals surface area contributed by atoms with Crippen molar-refractivity contribution in [2.24, 2.45) is 0 Å². The van der Waals surface area contributed by atoms with Crippen molar-refractivity contribution in [2.75, 3.05) is 13.3 Å². The van der Waals surface area contributed by atoms with Crippen LogP contribution in [0.25, 0.3) is 0 Å². The van der Waals surface area contributed by atoms with E-state index in [9.17, 15) is 9.59 Å². The zero-order valence-corrected chi connectivity index (χ0v) is 16.8. The topological polar surface area (TPSA) is 67.9 Å². The summed E-state index contributed by atoms with van der Waals surface area (Å²) in [5, 5.41) is 2.84. The van der Waals surface area contributed by atoms with Gasteiger partial charge in [0.2, 0.25) is 0 Å². The lowest BCUT2D eigenvalue weighted by molar-refractivity contribution is -0.145. The maximum Gasteiger partial charge on any atom is 0.326 e. The summed E-state index contributed by atoms with van der Waals surface area (Å²) in [6, 6.07) is 10.6. The first-order valence-electron chi connectivity index (χ1n) is 9.16. The summed E-state index contributed by atoms with van der Waals surface area (Å²) < 4.78 is 11.4. The second-order valence-electron chi connectivity index (χ2n) is 8.42. The zero-order valence-electron chi connectivity index (χ0n) is 15.8. The van der Waals surface area contributed by atoms with Crippen molar-refractivity contribution in [3.8, 4) is 0 Å². The number of hydrogen-bond acceptors (Lipinski definition) is 4. The third-order valence-corrected chi connectivity index (χ3v) is 6.65. The Bertz CT molecular complexity index is 653. The van der Waals surface area contributed by atoms with E-state index >= 15 is 0 Å². The first kappa shape index (κ1) is 19.1. The van der Waals surface area contributed by atoms with Gasteiger partial charge in [-0.15, -0.1) is 0 Å². The summed E-state index contributed by atoms with van der Waals surface area (Å²) in [4.78, 5) is 26.0. The second kappa shape index (κ2) is 7.50. The summed E-state index contributed by atoms with van der Waals surface area (Å²) in [5.41, 5.74) is 0.313. The normalized spacial score (nSPS) is 25.5. The molecule has 0 bridgehead atoms. The summed E-state index contributed by atoms with van der Waals surface area (Å²) in [6.07, 6.45) is 1.04. The van der Waals surface area contributed by atoms with Crippen LogP contribution < -0.4 is 5.32 Å². The Labute approximate surface area is 155 Å². The predicted molar refractivity (Wildman–Crippen MR) is 101 cm³/mol. The molecule has 1 aliphatic carbocycles. The molecule has 1 aliphatic heterocycles. The molecule has 1 N–H and O–H groups in total. The van der Waals surface area contributed by atoms with Crippen LogP contribution in [0.1, 0.15) is 18.4 Å². The molecule has 7 heteroatoms.